The van der Waals surface area contributed by atoms with Crippen molar-refractivity contribution < 1.29 is 19.1 Å². The highest BCUT2D eigenvalue weighted by atomic mass is 32.1. The van der Waals surface area contributed by atoms with Crippen molar-refractivity contribution in [3.63, 3.8) is 0 Å². The zero-order chi connectivity index (χ0) is 21.3. The van der Waals surface area contributed by atoms with Crippen LogP contribution in [0.4, 0.5) is 4.79 Å². The predicted molar refractivity (Wildman–Crippen MR) is 114 cm³/mol. The van der Waals surface area contributed by atoms with Gasteiger partial charge in [-0.3, -0.25) is 14.5 Å². The number of ether oxygens (including phenoxy) is 1. The number of imide groups is 1. The first-order chi connectivity index (χ1) is 14.5. The Kier molecular flexibility index (Phi) is 6.10. The van der Waals surface area contributed by atoms with E-state index in [-0.39, 0.29) is 23.9 Å². The lowest BCUT2D eigenvalue weighted by atomic mass is 10.0. The van der Waals surface area contributed by atoms with Gasteiger partial charge >= 0.3 is 6.09 Å². The average molecular weight is 433 g/mol. The first-order valence-corrected chi connectivity index (χ1v) is 11.4. The largest absolute Gasteiger partial charge is 0.450 e. The first kappa shape index (κ1) is 20.9. The molecule has 4 heterocycles. The molecule has 3 amide bonds. The summed E-state index contributed by atoms with van der Waals surface area (Å²) >= 11 is 1.49. The lowest BCUT2D eigenvalue weighted by molar-refractivity contribution is -0.141. The molecule has 162 valence electrons. The number of likely N-dealkylation sites (N-methyl/N-ethyl adjacent to an activating group) is 1. The van der Waals surface area contributed by atoms with Crippen molar-refractivity contribution in [2.45, 2.75) is 25.8 Å². The van der Waals surface area contributed by atoms with E-state index in [0.717, 1.165) is 31.1 Å². The Labute approximate surface area is 180 Å². The third-order valence-electron chi connectivity index (χ3n) is 6.03. The minimum Gasteiger partial charge on any atom is -0.450 e. The van der Waals surface area contributed by atoms with Gasteiger partial charge in [0.15, 0.2) is 0 Å². The van der Waals surface area contributed by atoms with E-state index in [1.807, 2.05) is 17.5 Å². The normalized spacial score (nSPS) is 21.7. The van der Waals surface area contributed by atoms with E-state index >= 15 is 0 Å². The Morgan fingerprint density at radius 3 is 2.40 bits per heavy atom. The van der Waals surface area contributed by atoms with Crippen molar-refractivity contribution in [3.8, 4) is 0 Å². The molecule has 0 N–H and O–H groups in total. The van der Waals surface area contributed by atoms with Crippen LogP contribution in [0, 0.1) is 0 Å². The van der Waals surface area contributed by atoms with E-state index in [2.05, 4.69) is 16.8 Å². The number of likely N-dealkylation sites (tertiary alicyclic amines) is 1. The molecule has 9 heteroatoms. The maximum atomic E-state index is 13.5. The second-order valence-corrected chi connectivity index (χ2v) is 8.84. The lowest BCUT2D eigenvalue weighted by Gasteiger charge is -2.37. The SMILES string of the molecule is CCOC(=O)N1CCC(N2C(=O)C(c3cccs3)=C(N3CCN(C)CC3)C2=O)CC1. The Morgan fingerprint density at radius 2 is 1.80 bits per heavy atom. The van der Waals surface area contributed by atoms with Crippen LogP contribution in [0.25, 0.3) is 5.57 Å². The highest BCUT2D eigenvalue weighted by Gasteiger charge is 2.46. The van der Waals surface area contributed by atoms with Gasteiger partial charge in [-0.05, 0) is 38.3 Å². The van der Waals surface area contributed by atoms with Crippen molar-refractivity contribution in [1.82, 2.24) is 19.6 Å². The maximum Gasteiger partial charge on any atom is 0.409 e. The summed E-state index contributed by atoms with van der Waals surface area (Å²) in [4.78, 5) is 47.2. The fourth-order valence-electron chi connectivity index (χ4n) is 4.35. The summed E-state index contributed by atoms with van der Waals surface area (Å²) in [6, 6.07) is 3.62. The van der Waals surface area contributed by atoms with Crippen LogP contribution >= 0.6 is 11.3 Å². The number of nitrogens with zero attached hydrogens (tertiary/aromatic N) is 4. The zero-order valence-electron chi connectivity index (χ0n) is 17.5. The molecule has 3 aliphatic heterocycles. The van der Waals surface area contributed by atoms with E-state index in [0.29, 0.717) is 43.8 Å². The molecule has 0 bridgehead atoms. The van der Waals surface area contributed by atoms with Crippen LogP contribution in [0.3, 0.4) is 0 Å². The second kappa shape index (κ2) is 8.77. The summed E-state index contributed by atoms with van der Waals surface area (Å²) in [5.74, 6) is -0.395. The van der Waals surface area contributed by atoms with Gasteiger partial charge in [-0.2, -0.15) is 0 Å². The predicted octanol–water partition coefficient (Wildman–Crippen LogP) is 1.70. The summed E-state index contributed by atoms with van der Waals surface area (Å²) in [6.45, 7) is 6.27. The van der Waals surface area contributed by atoms with Crippen molar-refractivity contribution in [2.24, 2.45) is 0 Å². The summed E-state index contributed by atoms with van der Waals surface area (Å²) in [5, 5.41) is 1.93. The molecule has 30 heavy (non-hydrogen) atoms. The molecular weight excluding hydrogens is 404 g/mol. The number of thiophene rings is 1. The molecule has 0 aromatic carbocycles. The molecule has 0 aliphatic carbocycles. The fourth-order valence-corrected chi connectivity index (χ4v) is 5.12. The van der Waals surface area contributed by atoms with E-state index in [9.17, 15) is 14.4 Å². The smallest absolute Gasteiger partial charge is 0.409 e. The summed E-state index contributed by atoms with van der Waals surface area (Å²) in [5.41, 5.74) is 1.08. The Bertz CT molecular complexity index is 837. The topological polar surface area (TPSA) is 73.4 Å². The van der Waals surface area contributed by atoms with Crippen LogP contribution in [0.15, 0.2) is 23.2 Å². The molecule has 2 saturated heterocycles. The monoisotopic (exact) mass is 432 g/mol. The Hall–Kier alpha value is -2.39. The van der Waals surface area contributed by atoms with Crippen LogP contribution < -0.4 is 0 Å². The van der Waals surface area contributed by atoms with Crippen molar-refractivity contribution in [3.05, 3.63) is 28.1 Å². The summed E-state index contributed by atoms with van der Waals surface area (Å²) in [7, 11) is 2.07. The summed E-state index contributed by atoms with van der Waals surface area (Å²) < 4.78 is 5.08. The number of carbonyl (C=O) groups is 3. The van der Waals surface area contributed by atoms with Gasteiger partial charge in [-0.25, -0.2) is 4.79 Å². The number of piperidine rings is 1. The van der Waals surface area contributed by atoms with Gasteiger partial charge in [-0.15, -0.1) is 11.3 Å². The van der Waals surface area contributed by atoms with E-state index in [1.54, 1.807) is 11.8 Å². The van der Waals surface area contributed by atoms with Gasteiger partial charge in [0.05, 0.1) is 12.2 Å². The highest BCUT2D eigenvalue weighted by molar-refractivity contribution is 7.11. The molecule has 0 saturated carbocycles. The third kappa shape index (κ3) is 3.83. The number of amides is 3. The van der Waals surface area contributed by atoms with Gasteiger partial charge in [0, 0.05) is 50.2 Å². The zero-order valence-corrected chi connectivity index (χ0v) is 18.3. The van der Waals surface area contributed by atoms with E-state index in [1.165, 1.54) is 16.2 Å². The molecule has 1 aromatic heterocycles. The quantitative estimate of drug-likeness (QED) is 0.675. The van der Waals surface area contributed by atoms with Crippen LogP contribution in [-0.4, -0.2) is 96.5 Å². The van der Waals surface area contributed by atoms with Crippen LogP contribution in [0.2, 0.25) is 0 Å². The molecule has 0 atom stereocenters. The van der Waals surface area contributed by atoms with Gasteiger partial charge < -0.3 is 19.4 Å². The van der Waals surface area contributed by atoms with Gasteiger partial charge in [-0.1, -0.05) is 6.07 Å². The summed E-state index contributed by atoms with van der Waals surface area (Å²) in [6.07, 6.45) is 0.819. The molecule has 2 fully saturated rings. The van der Waals surface area contributed by atoms with E-state index < -0.39 is 0 Å². The van der Waals surface area contributed by atoms with Crippen molar-refractivity contribution >= 4 is 34.8 Å². The number of piperazine rings is 1. The van der Waals surface area contributed by atoms with Crippen LogP contribution in [0.5, 0.6) is 0 Å². The van der Waals surface area contributed by atoms with Crippen molar-refractivity contribution in [2.75, 3.05) is 52.9 Å². The number of hydrogen-bond donors (Lipinski definition) is 0. The average Bonchev–Trinajstić information content (AvgIpc) is 3.35. The number of rotatable bonds is 4. The van der Waals surface area contributed by atoms with E-state index in [4.69, 9.17) is 4.74 Å². The first-order valence-electron chi connectivity index (χ1n) is 10.5. The fraction of sp³-hybridized carbons (Fsp3) is 0.571. The molecule has 0 spiro atoms. The molecule has 3 aliphatic rings. The number of carbonyl (C=O) groups excluding carboxylic acids is 3. The Balaban J connectivity index is 1.55. The molecule has 4 rings (SSSR count). The highest BCUT2D eigenvalue weighted by Crippen LogP contribution is 2.36. The molecular formula is C21H28N4O4S. The second-order valence-electron chi connectivity index (χ2n) is 7.89. The molecule has 8 nitrogen and oxygen atoms in total. The van der Waals surface area contributed by atoms with Gasteiger partial charge in [0.2, 0.25) is 0 Å². The molecule has 0 radical (unpaired) electrons. The minimum atomic E-state index is -0.328. The Morgan fingerprint density at radius 1 is 1.10 bits per heavy atom. The molecule has 1 aromatic rings. The molecule has 0 unspecified atom stereocenters. The van der Waals surface area contributed by atoms with Crippen molar-refractivity contribution in [1.29, 1.82) is 0 Å². The standard InChI is InChI=1S/C21H28N4O4S/c1-3-29-21(28)24-8-6-15(7-9-24)25-19(26)17(16-5-4-14-30-16)18(20(25)27)23-12-10-22(2)11-13-23/h4-5,14-15H,3,6-13H2,1-2H3. The maximum absolute atomic E-state index is 13.5. The minimum absolute atomic E-state index is 0.192. The van der Waals surface area contributed by atoms with Gasteiger partial charge in [0.1, 0.15) is 5.70 Å². The van der Waals surface area contributed by atoms with Gasteiger partial charge in [0.25, 0.3) is 11.8 Å². The van der Waals surface area contributed by atoms with Crippen LogP contribution in [0.1, 0.15) is 24.6 Å². The number of hydrogen-bond acceptors (Lipinski definition) is 7. The lowest BCUT2D eigenvalue weighted by Crippen LogP contribution is -2.50. The van der Waals surface area contributed by atoms with Crippen LogP contribution in [-0.2, 0) is 14.3 Å². The third-order valence-corrected chi connectivity index (χ3v) is 6.92.